The van der Waals surface area contributed by atoms with Crippen molar-refractivity contribution in [3.05, 3.63) is 77.8 Å². The first-order valence-electron chi connectivity index (χ1n) is 20.7. The summed E-state index contributed by atoms with van der Waals surface area (Å²) in [5.74, 6) is 6.55. The highest BCUT2D eigenvalue weighted by Crippen LogP contribution is 2.45. The number of aliphatic imine (C=N–C) groups is 1. The molecule has 1 aromatic heterocycles. The zero-order valence-corrected chi connectivity index (χ0v) is 36.1. The van der Waals surface area contributed by atoms with Gasteiger partial charge < -0.3 is 34.1 Å². The van der Waals surface area contributed by atoms with Crippen LogP contribution in [0.4, 0.5) is 9.18 Å². The molecule has 0 bridgehead atoms. The van der Waals surface area contributed by atoms with Crippen LogP contribution in [0.25, 0.3) is 5.57 Å². The molecule has 1 aliphatic carbocycles. The van der Waals surface area contributed by atoms with Crippen LogP contribution in [0.2, 0.25) is 0 Å². The molecule has 6 atom stereocenters. The van der Waals surface area contributed by atoms with Crippen LogP contribution in [-0.2, 0) is 25.6 Å². The molecule has 17 heteroatoms. The number of aliphatic hydroxyl groups excluding tert-OH is 1. The number of benzene rings is 1. The van der Waals surface area contributed by atoms with E-state index in [1.807, 2.05) is 59.8 Å². The minimum atomic E-state index is -1.27. The van der Waals surface area contributed by atoms with Crippen molar-refractivity contribution in [3.8, 4) is 5.75 Å². The molecule has 3 heterocycles. The van der Waals surface area contributed by atoms with Crippen molar-refractivity contribution in [3.63, 3.8) is 0 Å². The molecule has 328 valence electrons. The second kappa shape index (κ2) is 20.4. The van der Waals surface area contributed by atoms with Crippen molar-refractivity contribution in [1.29, 1.82) is 0 Å². The highest BCUT2D eigenvalue weighted by atomic mass is 19.1. The molecule has 60 heavy (non-hydrogen) atoms. The van der Waals surface area contributed by atoms with E-state index >= 15 is 4.39 Å². The maximum absolute atomic E-state index is 16.2. The summed E-state index contributed by atoms with van der Waals surface area (Å²) in [4.78, 5) is 57.2. The molecule has 0 spiro atoms. The van der Waals surface area contributed by atoms with Crippen LogP contribution in [0, 0.1) is 23.6 Å². The Labute approximate surface area is 352 Å². The first kappa shape index (κ1) is 46.0. The topological polar surface area (TPSA) is 191 Å². The SMILES string of the molecule is C=CN(C(=O)OC)C(C(=O)N(CCC)CC1=NCC(c2cc(F)c3c(c2)OCC2C=C(c4cnc(CN(CCC)C(=O)C(NC(O)OC)C(C)C)[nH]4)C=CC32)N1N)C(C)C. The molecule has 0 saturated heterocycles. The van der Waals surface area contributed by atoms with Gasteiger partial charge in [-0.1, -0.05) is 66.3 Å². The first-order valence-corrected chi connectivity index (χ1v) is 20.7. The lowest BCUT2D eigenvalue weighted by molar-refractivity contribution is -0.144. The number of carbonyl (C=O) groups is 3. The molecule has 6 unspecified atom stereocenters. The Morgan fingerprint density at radius 3 is 2.43 bits per heavy atom. The van der Waals surface area contributed by atoms with E-state index in [1.54, 1.807) is 16.0 Å². The number of hydrazine groups is 1. The number of amides is 3. The lowest BCUT2D eigenvalue weighted by atomic mass is 9.78. The van der Waals surface area contributed by atoms with Gasteiger partial charge in [0.25, 0.3) is 0 Å². The van der Waals surface area contributed by atoms with E-state index in [-0.39, 0.29) is 55.1 Å². The second-order valence-corrected chi connectivity index (χ2v) is 16.1. The number of fused-ring (bicyclic) bond motifs is 3. The number of nitrogens with zero attached hydrogens (tertiary/aromatic N) is 6. The number of nitrogens with two attached hydrogens (primary N) is 1. The summed E-state index contributed by atoms with van der Waals surface area (Å²) < 4.78 is 32.3. The van der Waals surface area contributed by atoms with E-state index < -0.39 is 36.4 Å². The summed E-state index contributed by atoms with van der Waals surface area (Å²) in [6.07, 6.45) is 8.47. The summed E-state index contributed by atoms with van der Waals surface area (Å²) in [6, 6.07) is 1.32. The number of rotatable bonds is 19. The van der Waals surface area contributed by atoms with E-state index in [2.05, 4.69) is 32.9 Å². The van der Waals surface area contributed by atoms with Crippen LogP contribution in [-0.4, -0.2) is 124 Å². The minimum absolute atomic E-state index is 0.0983. The van der Waals surface area contributed by atoms with Gasteiger partial charge in [-0.3, -0.25) is 29.8 Å². The maximum Gasteiger partial charge on any atom is 0.414 e. The lowest BCUT2D eigenvalue weighted by Crippen LogP contribution is -2.54. The van der Waals surface area contributed by atoms with E-state index in [4.69, 9.17) is 20.1 Å². The van der Waals surface area contributed by atoms with E-state index in [1.165, 1.54) is 36.4 Å². The molecule has 0 saturated carbocycles. The van der Waals surface area contributed by atoms with Crippen LogP contribution in [0.15, 0.2) is 54.3 Å². The molecule has 5 rings (SSSR count). The molecule has 16 nitrogen and oxygen atoms in total. The second-order valence-electron chi connectivity index (χ2n) is 16.1. The minimum Gasteiger partial charge on any atom is -0.493 e. The highest BCUT2D eigenvalue weighted by Gasteiger charge is 2.39. The van der Waals surface area contributed by atoms with E-state index in [9.17, 15) is 19.5 Å². The first-order chi connectivity index (χ1) is 28.7. The van der Waals surface area contributed by atoms with Gasteiger partial charge >= 0.3 is 6.09 Å². The predicted molar refractivity (Wildman–Crippen MR) is 225 cm³/mol. The van der Waals surface area contributed by atoms with E-state index in [0.717, 1.165) is 17.7 Å². The number of allylic oxidation sites excluding steroid dienone is 3. The fourth-order valence-electron chi connectivity index (χ4n) is 8.06. The molecule has 5 N–H and O–H groups in total. The third-order valence-corrected chi connectivity index (χ3v) is 11.1. The summed E-state index contributed by atoms with van der Waals surface area (Å²) >= 11 is 0. The van der Waals surface area contributed by atoms with Crippen molar-refractivity contribution in [2.24, 2.45) is 28.6 Å². The monoisotopic (exact) mass is 835 g/mol. The van der Waals surface area contributed by atoms with Crippen molar-refractivity contribution in [1.82, 2.24) is 35.0 Å². The number of ether oxygens (including phenoxy) is 3. The quantitative estimate of drug-likeness (QED) is 0.114. The molecular weight excluding hydrogens is 774 g/mol. The third-order valence-electron chi connectivity index (χ3n) is 11.1. The van der Waals surface area contributed by atoms with Gasteiger partial charge in [-0.05, 0) is 47.9 Å². The number of aromatic amines is 1. The van der Waals surface area contributed by atoms with Crippen LogP contribution in [0.3, 0.4) is 0 Å². The summed E-state index contributed by atoms with van der Waals surface area (Å²) in [7, 11) is 2.62. The molecule has 3 amide bonds. The number of carbonyl (C=O) groups excluding carboxylic acids is 3. The summed E-state index contributed by atoms with van der Waals surface area (Å²) in [5, 5.41) is 14.3. The predicted octanol–water partition coefficient (Wildman–Crippen LogP) is 4.67. The fourth-order valence-corrected chi connectivity index (χ4v) is 8.06. The fraction of sp³-hybridized carbons (Fsp3) is 0.558. The summed E-state index contributed by atoms with van der Waals surface area (Å²) in [5.41, 5.74) is 2.71. The number of halogens is 1. The Hall–Kier alpha value is -5.10. The smallest absolute Gasteiger partial charge is 0.414 e. The Bertz CT molecular complexity index is 1950. The standard InChI is InChI=1S/C43H62FN9O7/c1-10-15-50(40(54)38(25(4)5)49-42(56)58-8)22-35-46-20-32(48-35)27-13-14-30-29(17-27)24-60-34-19-28(18-31(44)37(30)34)33-21-47-36(53(33)45)23-51(16-11-2)41(55)39(26(6)7)52(12-3)43(57)59-9/h12-14,17-20,25-26,29-30,33,38-39,42,49,56H,3,10-11,15-16,21-24,45H2,1-2,4-9H3,(H,46,48). The molecule has 2 aliphatic heterocycles. The molecule has 2 aromatic rings. The van der Waals surface area contributed by atoms with Gasteiger partial charge in [0.05, 0.1) is 57.3 Å². The van der Waals surface area contributed by atoms with Gasteiger partial charge in [-0.15, -0.1) is 0 Å². The Morgan fingerprint density at radius 2 is 1.82 bits per heavy atom. The van der Waals surface area contributed by atoms with Gasteiger partial charge in [0.15, 0.2) is 0 Å². The molecule has 1 aromatic carbocycles. The number of aliphatic hydroxyl groups is 1. The Kier molecular flexibility index (Phi) is 15.7. The Balaban J connectivity index is 1.27. The van der Waals surface area contributed by atoms with E-state index in [0.29, 0.717) is 54.7 Å². The zero-order valence-electron chi connectivity index (χ0n) is 36.1. The normalized spacial score (nSPS) is 19.8. The molecular formula is C43H62FN9O7. The average molecular weight is 836 g/mol. The Morgan fingerprint density at radius 1 is 1.12 bits per heavy atom. The van der Waals surface area contributed by atoms with Crippen LogP contribution in [0.1, 0.15) is 89.0 Å². The van der Waals surface area contributed by atoms with Crippen molar-refractivity contribution in [2.75, 3.05) is 47.0 Å². The maximum atomic E-state index is 16.2. The van der Waals surface area contributed by atoms with Gasteiger partial charge in [0, 0.05) is 43.8 Å². The number of hydrogen-bond donors (Lipinski definition) is 4. The van der Waals surface area contributed by atoms with Crippen molar-refractivity contribution >= 4 is 29.3 Å². The van der Waals surface area contributed by atoms with Gasteiger partial charge in [-0.2, -0.15) is 0 Å². The number of hydrogen-bond acceptors (Lipinski definition) is 12. The largest absolute Gasteiger partial charge is 0.493 e. The third kappa shape index (κ3) is 10.1. The number of amidine groups is 1. The number of H-pyrrole nitrogens is 1. The number of aromatic nitrogens is 2. The van der Waals surface area contributed by atoms with Gasteiger partial charge in [0.2, 0.25) is 18.2 Å². The average Bonchev–Trinajstić information content (AvgIpc) is 3.85. The van der Waals surface area contributed by atoms with Crippen LogP contribution in [0.5, 0.6) is 5.75 Å². The molecule has 3 aliphatic rings. The van der Waals surface area contributed by atoms with Crippen LogP contribution >= 0.6 is 0 Å². The zero-order chi connectivity index (χ0) is 43.8. The number of nitrogens with one attached hydrogen (secondary N) is 2. The van der Waals surface area contributed by atoms with Gasteiger partial charge in [-0.25, -0.2) is 20.0 Å². The number of imidazole rings is 1. The van der Waals surface area contributed by atoms with Crippen molar-refractivity contribution < 1.29 is 38.1 Å². The summed E-state index contributed by atoms with van der Waals surface area (Å²) in [6.45, 7) is 17.0. The number of methoxy groups -OCH3 is 2. The highest BCUT2D eigenvalue weighted by molar-refractivity contribution is 5.92. The lowest BCUT2D eigenvalue weighted by Gasteiger charge is -2.35. The van der Waals surface area contributed by atoms with Crippen molar-refractivity contribution in [2.45, 2.75) is 91.4 Å². The molecule has 0 radical (unpaired) electrons. The van der Waals surface area contributed by atoms with Crippen LogP contribution < -0.4 is 15.9 Å². The molecule has 0 fully saturated rings. The van der Waals surface area contributed by atoms with Gasteiger partial charge in [0.1, 0.15) is 29.3 Å².